The van der Waals surface area contributed by atoms with Crippen molar-refractivity contribution in [1.82, 2.24) is 24.1 Å². The number of carbonyl (C=O) groups excluding carboxylic acids is 1. The van der Waals surface area contributed by atoms with Gasteiger partial charge in [-0.15, -0.1) is 11.3 Å². The maximum Gasteiger partial charge on any atom is 0.212 e. The number of thiazole rings is 1. The molecule has 3 aromatic heterocycles. The molecule has 5 rings (SSSR count). The monoisotopic (exact) mass is 623 g/mol. The molecule has 2 aliphatic carbocycles. The standard InChI is InChI=1S/C31H38FN7O2S2/c1-19(2)39(43(41)24-16-36-38(6)18-24)23-9-7-21-11-25(37-22-8-10-27(32)34-15-22)20(14-33)12-31(21,13-23)28(40)29-35-17-26(42-29)30(3,4)5/h8,10-11,14-19,23H,7,9,12-13,33H2,1-6H3/b20-14-,37-25?. The van der Waals surface area contributed by atoms with Gasteiger partial charge in [-0.3, -0.25) is 9.48 Å². The minimum Gasteiger partial charge on any atom is -0.404 e. The number of pyridine rings is 1. The molecule has 3 aromatic rings. The van der Waals surface area contributed by atoms with Gasteiger partial charge in [0.1, 0.15) is 11.0 Å². The molecule has 1 fully saturated rings. The summed E-state index contributed by atoms with van der Waals surface area (Å²) in [6, 6.07) is 2.62. The summed E-state index contributed by atoms with van der Waals surface area (Å²) in [5.41, 5.74) is 7.88. The fourth-order valence-electron chi connectivity index (χ4n) is 5.91. The number of fused-ring (bicyclic) bond motifs is 1. The lowest BCUT2D eigenvalue weighted by Crippen LogP contribution is -2.51. The Morgan fingerprint density at radius 3 is 2.63 bits per heavy atom. The van der Waals surface area contributed by atoms with Crippen LogP contribution in [0.15, 0.2) is 70.2 Å². The van der Waals surface area contributed by atoms with Crippen molar-refractivity contribution in [3.05, 3.63) is 76.2 Å². The van der Waals surface area contributed by atoms with E-state index in [1.807, 2.05) is 24.2 Å². The highest BCUT2D eigenvalue weighted by molar-refractivity contribution is 7.82. The number of ketones is 1. The molecule has 12 heteroatoms. The first-order valence-electron chi connectivity index (χ1n) is 14.3. The van der Waals surface area contributed by atoms with Crippen LogP contribution in [0.25, 0.3) is 0 Å². The van der Waals surface area contributed by atoms with E-state index < -0.39 is 22.3 Å². The first-order chi connectivity index (χ1) is 20.3. The van der Waals surface area contributed by atoms with Crippen molar-refractivity contribution in [2.75, 3.05) is 0 Å². The molecule has 0 radical (unpaired) electrons. The van der Waals surface area contributed by atoms with E-state index >= 15 is 0 Å². The number of nitrogens with two attached hydrogens (primary N) is 1. The lowest BCUT2D eigenvalue weighted by Gasteiger charge is -2.47. The lowest BCUT2D eigenvalue weighted by atomic mass is 9.60. The smallest absolute Gasteiger partial charge is 0.212 e. The van der Waals surface area contributed by atoms with E-state index in [1.165, 1.54) is 29.8 Å². The number of allylic oxidation sites excluding steroid dienone is 3. The Hall–Kier alpha value is -3.35. The van der Waals surface area contributed by atoms with Crippen LogP contribution in [0.4, 0.5) is 10.1 Å². The summed E-state index contributed by atoms with van der Waals surface area (Å²) in [4.78, 5) is 29.4. The fourth-order valence-corrected chi connectivity index (χ4v) is 8.38. The molecule has 0 bridgehead atoms. The molecular formula is C31H38FN7O2S2. The van der Waals surface area contributed by atoms with Crippen LogP contribution in [-0.2, 0) is 23.4 Å². The van der Waals surface area contributed by atoms with Gasteiger partial charge in [-0.1, -0.05) is 26.3 Å². The third-order valence-corrected chi connectivity index (χ3v) is 11.2. The fraction of sp³-hybridized carbons (Fsp3) is 0.452. The van der Waals surface area contributed by atoms with Crippen molar-refractivity contribution in [1.29, 1.82) is 0 Å². The molecular weight excluding hydrogens is 586 g/mol. The summed E-state index contributed by atoms with van der Waals surface area (Å²) in [7, 11) is 0.337. The molecule has 2 N–H and O–H groups in total. The van der Waals surface area contributed by atoms with E-state index in [-0.39, 0.29) is 23.3 Å². The van der Waals surface area contributed by atoms with E-state index in [2.05, 4.69) is 35.8 Å². The molecule has 0 aliphatic heterocycles. The zero-order valence-electron chi connectivity index (χ0n) is 25.4. The molecule has 228 valence electrons. The molecule has 2 aliphatic rings. The van der Waals surface area contributed by atoms with Crippen molar-refractivity contribution >= 4 is 39.5 Å². The molecule has 3 unspecified atom stereocenters. The predicted octanol–water partition coefficient (Wildman–Crippen LogP) is 5.81. The number of Topliss-reactive ketones (excluding diaryl/α,β-unsaturated/α-hetero) is 1. The first kappa shape index (κ1) is 31.1. The Morgan fingerprint density at radius 1 is 1.28 bits per heavy atom. The Morgan fingerprint density at radius 2 is 2.05 bits per heavy atom. The molecule has 0 spiro atoms. The summed E-state index contributed by atoms with van der Waals surface area (Å²) >= 11 is 1.43. The van der Waals surface area contributed by atoms with Crippen molar-refractivity contribution < 1.29 is 13.4 Å². The maximum absolute atomic E-state index is 14.7. The summed E-state index contributed by atoms with van der Waals surface area (Å²) in [5, 5.41) is 4.69. The number of hydrogen-bond acceptors (Lipinski definition) is 8. The van der Waals surface area contributed by atoms with Crippen LogP contribution in [-0.4, -0.2) is 51.8 Å². The SMILES string of the molecule is CC(C)N(C1CCC2=CC(=Nc3ccc(F)nc3)/C(=C\N)CC2(C(=O)c2ncc(C(C)(C)C)s2)C1)S(=O)c1cnn(C)c1. The van der Waals surface area contributed by atoms with Crippen molar-refractivity contribution in [3.63, 3.8) is 0 Å². The van der Waals surface area contributed by atoms with Crippen LogP contribution in [0.1, 0.15) is 75.0 Å². The number of nitrogens with zero attached hydrogens (tertiary/aromatic N) is 6. The van der Waals surface area contributed by atoms with Gasteiger partial charge >= 0.3 is 0 Å². The van der Waals surface area contributed by atoms with Crippen molar-refractivity contribution in [3.8, 4) is 0 Å². The van der Waals surface area contributed by atoms with Gasteiger partial charge in [-0.05, 0) is 74.9 Å². The molecule has 0 amide bonds. The molecule has 0 saturated heterocycles. The van der Waals surface area contributed by atoms with Gasteiger partial charge in [-0.2, -0.15) is 9.49 Å². The lowest BCUT2D eigenvalue weighted by molar-refractivity contribution is 0.0732. The third-order valence-electron chi connectivity index (χ3n) is 8.06. The van der Waals surface area contributed by atoms with E-state index in [9.17, 15) is 13.4 Å². The minimum absolute atomic E-state index is 0.0488. The van der Waals surface area contributed by atoms with Gasteiger partial charge in [0, 0.05) is 36.4 Å². The summed E-state index contributed by atoms with van der Waals surface area (Å²) in [6.07, 6.45) is 12.1. The van der Waals surface area contributed by atoms with Crippen molar-refractivity contribution in [2.45, 2.75) is 82.7 Å². The van der Waals surface area contributed by atoms with E-state index in [0.717, 1.165) is 10.5 Å². The third kappa shape index (κ3) is 6.18. The van der Waals surface area contributed by atoms with E-state index in [4.69, 9.17) is 10.7 Å². The molecule has 3 heterocycles. The largest absolute Gasteiger partial charge is 0.404 e. The zero-order valence-corrected chi connectivity index (χ0v) is 27.0. The van der Waals surface area contributed by atoms with Gasteiger partial charge in [-0.25, -0.2) is 23.5 Å². The Bertz CT molecular complexity index is 1630. The highest BCUT2D eigenvalue weighted by Gasteiger charge is 2.52. The molecule has 43 heavy (non-hydrogen) atoms. The van der Waals surface area contributed by atoms with Gasteiger partial charge < -0.3 is 5.73 Å². The van der Waals surface area contributed by atoms with Gasteiger partial charge in [0.25, 0.3) is 0 Å². The molecule has 9 nitrogen and oxygen atoms in total. The van der Waals surface area contributed by atoms with Crippen LogP contribution < -0.4 is 5.73 Å². The molecule has 3 atom stereocenters. The first-order valence-corrected chi connectivity index (χ1v) is 16.3. The number of aliphatic imine (C=N–C) groups is 1. The number of aromatic nitrogens is 4. The van der Waals surface area contributed by atoms with Crippen molar-refractivity contribution in [2.24, 2.45) is 23.2 Å². The Balaban J connectivity index is 1.60. The van der Waals surface area contributed by atoms with E-state index in [0.29, 0.717) is 52.6 Å². The van der Waals surface area contributed by atoms with Gasteiger partial charge in [0.05, 0.1) is 34.1 Å². The van der Waals surface area contributed by atoms with Gasteiger partial charge in [0.15, 0.2) is 5.01 Å². The van der Waals surface area contributed by atoms with Crippen LogP contribution in [0.5, 0.6) is 0 Å². The van der Waals surface area contributed by atoms with Crippen LogP contribution >= 0.6 is 11.3 Å². The van der Waals surface area contributed by atoms with Crippen LogP contribution in [0, 0.1) is 11.4 Å². The van der Waals surface area contributed by atoms with Crippen LogP contribution in [0.2, 0.25) is 0 Å². The highest BCUT2D eigenvalue weighted by atomic mass is 32.2. The van der Waals surface area contributed by atoms with Crippen LogP contribution in [0.3, 0.4) is 0 Å². The minimum atomic E-state index is -1.46. The quantitative estimate of drug-likeness (QED) is 0.262. The Kier molecular flexibility index (Phi) is 8.65. The topological polar surface area (TPSA) is 119 Å². The summed E-state index contributed by atoms with van der Waals surface area (Å²) < 4.78 is 31.0. The number of rotatable bonds is 7. The zero-order chi connectivity index (χ0) is 31.1. The molecule has 0 aromatic carbocycles. The number of halogens is 1. The number of aryl methyl sites for hydroxylation is 1. The summed E-state index contributed by atoms with van der Waals surface area (Å²) in [6.45, 7) is 10.4. The highest BCUT2D eigenvalue weighted by Crippen LogP contribution is 2.52. The second-order valence-corrected chi connectivity index (χ2v) is 14.9. The number of hydrogen-bond donors (Lipinski definition) is 1. The predicted molar refractivity (Wildman–Crippen MR) is 168 cm³/mol. The second-order valence-electron chi connectivity index (χ2n) is 12.5. The second kappa shape index (κ2) is 12.0. The number of carbonyl (C=O) groups is 1. The average molecular weight is 624 g/mol. The Labute approximate surface area is 258 Å². The molecule has 1 saturated carbocycles. The average Bonchev–Trinajstić information content (AvgIpc) is 3.63. The van der Waals surface area contributed by atoms with Gasteiger partial charge in [0.2, 0.25) is 11.7 Å². The maximum atomic E-state index is 14.7. The normalized spacial score (nSPS) is 23.6. The van der Waals surface area contributed by atoms with E-state index in [1.54, 1.807) is 36.4 Å². The summed E-state index contributed by atoms with van der Waals surface area (Å²) in [5.74, 6) is -0.637.